The standard InChI is InChI=1S/C18H28N2O/c1-5-14-8-10-16(11-9-14)20(4)17(21)18(2,3)15-7-6-12-19-13-15/h8-11,15,19H,5-7,12-13H2,1-4H3. The summed E-state index contributed by atoms with van der Waals surface area (Å²) in [7, 11) is 1.89. The van der Waals surface area contributed by atoms with Crippen molar-refractivity contribution in [2.24, 2.45) is 11.3 Å². The van der Waals surface area contributed by atoms with Gasteiger partial charge in [0.15, 0.2) is 0 Å². The predicted octanol–water partition coefficient (Wildman–Crippen LogP) is 3.24. The lowest BCUT2D eigenvalue weighted by atomic mass is 9.74. The first kappa shape index (κ1) is 16.0. The molecule has 116 valence electrons. The summed E-state index contributed by atoms with van der Waals surface area (Å²) in [5.41, 5.74) is 1.95. The molecule has 1 fully saturated rings. The van der Waals surface area contributed by atoms with Gasteiger partial charge in [0.25, 0.3) is 0 Å². The Morgan fingerprint density at radius 1 is 1.33 bits per heavy atom. The molecule has 0 aromatic heterocycles. The third-order valence-electron chi connectivity index (χ3n) is 4.91. The molecule has 0 radical (unpaired) electrons. The van der Waals surface area contributed by atoms with E-state index in [-0.39, 0.29) is 11.3 Å². The van der Waals surface area contributed by atoms with Crippen LogP contribution in [0.15, 0.2) is 24.3 Å². The Kier molecular flexibility index (Phi) is 5.04. The van der Waals surface area contributed by atoms with E-state index < -0.39 is 0 Å². The number of hydrogen-bond donors (Lipinski definition) is 1. The van der Waals surface area contributed by atoms with Gasteiger partial charge in [0.1, 0.15) is 0 Å². The maximum Gasteiger partial charge on any atom is 0.232 e. The van der Waals surface area contributed by atoms with Crippen molar-refractivity contribution in [3.8, 4) is 0 Å². The monoisotopic (exact) mass is 288 g/mol. The van der Waals surface area contributed by atoms with Crippen LogP contribution in [0.4, 0.5) is 5.69 Å². The highest BCUT2D eigenvalue weighted by molar-refractivity contribution is 5.96. The van der Waals surface area contributed by atoms with Gasteiger partial charge in [-0.15, -0.1) is 0 Å². The van der Waals surface area contributed by atoms with Crippen LogP contribution >= 0.6 is 0 Å². The second kappa shape index (κ2) is 6.61. The van der Waals surface area contributed by atoms with Gasteiger partial charge in [0, 0.05) is 18.2 Å². The third-order valence-corrected chi connectivity index (χ3v) is 4.91. The van der Waals surface area contributed by atoms with Crippen molar-refractivity contribution in [2.75, 3.05) is 25.0 Å². The molecule has 1 saturated heterocycles. The fourth-order valence-corrected chi connectivity index (χ4v) is 3.15. The summed E-state index contributed by atoms with van der Waals surface area (Å²) >= 11 is 0. The average molecular weight is 288 g/mol. The Bertz CT molecular complexity index is 472. The SMILES string of the molecule is CCc1ccc(N(C)C(=O)C(C)(C)C2CCCNC2)cc1. The molecule has 0 spiro atoms. The van der Waals surface area contributed by atoms with Crippen LogP contribution in [0.25, 0.3) is 0 Å². The molecule has 1 aromatic carbocycles. The maximum atomic E-state index is 12.9. The van der Waals surface area contributed by atoms with Crippen LogP contribution in [0.3, 0.4) is 0 Å². The van der Waals surface area contributed by atoms with Crippen LogP contribution in [0.5, 0.6) is 0 Å². The number of anilines is 1. The van der Waals surface area contributed by atoms with Crippen LogP contribution in [-0.2, 0) is 11.2 Å². The molecule has 0 bridgehead atoms. The molecular weight excluding hydrogens is 260 g/mol. The number of amides is 1. The van der Waals surface area contributed by atoms with E-state index in [4.69, 9.17) is 0 Å². The number of aryl methyl sites for hydroxylation is 1. The molecule has 1 amide bonds. The largest absolute Gasteiger partial charge is 0.316 e. The minimum Gasteiger partial charge on any atom is -0.316 e. The first-order chi connectivity index (χ1) is 9.96. The number of hydrogen-bond acceptors (Lipinski definition) is 2. The van der Waals surface area contributed by atoms with Gasteiger partial charge in [-0.05, 0) is 56.0 Å². The number of nitrogens with one attached hydrogen (secondary N) is 1. The molecule has 3 nitrogen and oxygen atoms in total. The van der Waals surface area contributed by atoms with Crippen molar-refractivity contribution in [1.82, 2.24) is 5.32 Å². The topological polar surface area (TPSA) is 32.3 Å². The molecule has 1 aromatic rings. The van der Waals surface area contributed by atoms with Crippen molar-refractivity contribution < 1.29 is 4.79 Å². The quantitative estimate of drug-likeness (QED) is 0.922. The summed E-state index contributed by atoms with van der Waals surface area (Å²) in [6, 6.07) is 8.31. The molecule has 1 N–H and O–H groups in total. The van der Waals surface area contributed by atoms with E-state index in [9.17, 15) is 4.79 Å². The molecular formula is C18H28N2O. The molecule has 3 heteroatoms. The van der Waals surface area contributed by atoms with Gasteiger partial charge in [-0.25, -0.2) is 0 Å². The summed E-state index contributed by atoms with van der Waals surface area (Å²) in [6.45, 7) is 8.34. The highest BCUT2D eigenvalue weighted by Gasteiger charge is 2.39. The molecule has 1 heterocycles. The first-order valence-corrected chi connectivity index (χ1v) is 8.04. The Hall–Kier alpha value is -1.35. The van der Waals surface area contributed by atoms with Gasteiger partial charge < -0.3 is 10.2 Å². The van der Waals surface area contributed by atoms with E-state index in [1.54, 1.807) is 0 Å². The lowest BCUT2D eigenvalue weighted by Gasteiger charge is -2.38. The summed E-state index contributed by atoms with van der Waals surface area (Å²) in [4.78, 5) is 14.7. The number of rotatable bonds is 4. The molecule has 1 aliphatic rings. The van der Waals surface area contributed by atoms with Crippen LogP contribution in [-0.4, -0.2) is 26.0 Å². The number of piperidine rings is 1. The number of carbonyl (C=O) groups is 1. The Labute approximate surface area is 128 Å². The summed E-state index contributed by atoms with van der Waals surface area (Å²) in [5, 5.41) is 3.42. The van der Waals surface area contributed by atoms with E-state index in [0.29, 0.717) is 5.92 Å². The fourth-order valence-electron chi connectivity index (χ4n) is 3.15. The molecule has 1 atom stereocenters. The molecule has 21 heavy (non-hydrogen) atoms. The van der Waals surface area contributed by atoms with Crippen LogP contribution in [0.1, 0.15) is 39.2 Å². The smallest absolute Gasteiger partial charge is 0.232 e. The van der Waals surface area contributed by atoms with Crippen molar-refractivity contribution >= 4 is 11.6 Å². The van der Waals surface area contributed by atoms with Gasteiger partial charge >= 0.3 is 0 Å². The molecule has 1 aliphatic heterocycles. The maximum absolute atomic E-state index is 12.9. The zero-order chi connectivity index (χ0) is 15.5. The third kappa shape index (κ3) is 3.46. The van der Waals surface area contributed by atoms with Crippen molar-refractivity contribution in [3.63, 3.8) is 0 Å². The zero-order valence-corrected chi connectivity index (χ0v) is 13.8. The highest BCUT2D eigenvalue weighted by Crippen LogP contribution is 2.34. The minimum atomic E-state index is -0.328. The summed E-state index contributed by atoms with van der Waals surface area (Å²) in [6.07, 6.45) is 3.32. The van der Waals surface area contributed by atoms with E-state index >= 15 is 0 Å². The van der Waals surface area contributed by atoms with Crippen molar-refractivity contribution in [2.45, 2.75) is 40.0 Å². The van der Waals surface area contributed by atoms with E-state index in [2.05, 4.69) is 38.2 Å². The van der Waals surface area contributed by atoms with Crippen LogP contribution in [0, 0.1) is 11.3 Å². The molecule has 0 saturated carbocycles. The lowest BCUT2D eigenvalue weighted by Crippen LogP contribution is -2.48. The van der Waals surface area contributed by atoms with Gasteiger partial charge in [-0.1, -0.05) is 32.9 Å². The minimum absolute atomic E-state index is 0.209. The average Bonchev–Trinajstić information content (AvgIpc) is 2.54. The van der Waals surface area contributed by atoms with E-state index in [1.165, 1.54) is 5.56 Å². The fraction of sp³-hybridized carbons (Fsp3) is 0.611. The second-order valence-electron chi connectivity index (χ2n) is 6.65. The predicted molar refractivity (Wildman–Crippen MR) is 88.6 cm³/mol. The van der Waals surface area contributed by atoms with Crippen molar-refractivity contribution in [1.29, 1.82) is 0 Å². The van der Waals surface area contributed by atoms with Crippen LogP contribution < -0.4 is 10.2 Å². The molecule has 2 rings (SSSR count). The number of benzene rings is 1. The number of carbonyl (C=O) groups excluding carboxylic acids is 1. The summed E-state index contributed by atoms with van der Waals surface area (Å²) in [5.74, 6) is 0.622. The second-order valence-corrected chi connectivity index (χ2v) is 6.65. The highest BCUT2D eigenvalue weighted by atomic mass is 16.2. The molecule has 1 unspecified atom stereocenters. The Morgan fingerprint density at radius 3 is 2.52 bits per heavy atom. The van der Waals surface area contributed by atoms with Crippen molar-refractivity contribution in [3.05, 3.63) is 29.8 Å². The van der Waals surface area contributed by atoms with Gasteiger partial charge in [0.05, 0.1) is 0 Å². The van der Waals surface area contributed by atoms with Gasteiger partial charge in [-0.2, -0.15) is 0 Å². The zero-order valence-electron chi connectivity index (χ0n) is 13.8. The van der Waals surface area contributed by atoms with E-state index in [0.717, 1.165) is 38.0 Å². The van der Waals surface area contributed by atoms with Gasteiger partial charge in [0.2, 0.25) is 5.91 Å². The Morgan fingerprint density at radius 2 is 2.00 bits per heavy atom. The first-order valence-electron chi connectivity index (χ1n) is 8.04. The lowest BCUT2D eigenvalue weighted by molar-refractivity contribution is -0.129. The van der Waals surface area contributed by atoms with Gasteiger partial charge in [-0.3, -0.25) is 4.79 Å². The Balaban J connectivity index is 2.12. The van der Waals surface area contributed by atoms with E-state index in [1.807, 2.05) is 24.1 Å². The molecule has 0 aliphatic carbocycles. The summed E-state index contributed by atoms with van der Waals surface area (Å²) < 4.78 is 0. The number of nitrogens with zero attached hydrogens (tertiary/aromatic N) is 1. The normalized spacial score (nSPS) is 19.3. The van der Waals surface area contributed by atoms with Crippen LogP contribution in [0.2, 0.25) is 0 Å².